The summed E-state index contributed by atoms with van der Waals surface area (Å²) in [7, 11) is 0. The van der Waals surface area contributed by atoms with Crippen LogP contribution in [0.5, 0.6) is 5.75 Å². The molecule has 1 aliphatic heterocycles. The zero-order chi connectivity index (χ0) is 16.0. The van der Waals surface area contributed by atoms with Gasteiger partial charge in [0.2, 0.25) is 0 Å². The standard InChI is InChI=1S/C20H21NO2/c1-13-11-15(8-9-19(13)22)20(23)21-10-4-7-17-16-6-3-2-5-14(16)12-18(17)21/h2-3,5-6,8-9,11,17-18,22H,4,7,10,12H2,1H3/t17-,18+/m1/s1. The van der Waals surface area contributed by atoms with Gasteiger partial charge in [-0.1, -0.05) is 24.3 Å². The third-order valence-corrected chi connectivity index (χ3v) is 5.37. The number of carbonyl (C=O) groups excluding carboxylic acids is 1. The maximum atomic E-state index is 13.0. The Labute approximate surface area is 136 Å². The van der Waals surface area contributed by atoms with Gasteiger partial charge in [-0.05, 0) is 61.1 Å². The predicted molar refractivity (Wildman–Crippen MR) is 89.8 cm³/mol. The molecule has 1 N–H and O–H groups in total. The van der Waals surface area contributed by atoms with Crippen molar-refractivity contribution in [3.05, 3.63) is 64.7 Å². The van der Waals surface area contributed by atoms with Gasteiger partial charge in [-0.25, -0.2) is 0 Å². The second-order valence-electron chi connectivity index (χ2n) is 6.72. The molecule has 3 nitrogen and oxygen atoms in total. The van der Waals surface area contributed by atoms with E-state index in [1.165, 1.54) is 17.5 Å². The average molecular weight is 307 g/mol. The van der Waals surface area contributed by atoms with Crippen LogP contribution < -0.4 is 0 Å². The quantitative estimate of drug-likeness (QED) is 0.873. The summed E-state index contributed by atoms with van der Waals surface area (Å²) in [5, 5.41) is 9.68. The molecule has 2 atom stereocenters. The van der Waals surface area contributed by atoms with Crippen LogP contribution in [-0.4, -0.2) is 28.5 Å². The normalized spacial score (nSPS) is 22.6. The molecular weight excluding hydrogens is 286 g/mol. The highest BCUT2D eigenvalue weighted by atomic mass is 16.3. The molecular formula is C20H21NO2. The third kappa shape index (κ3) is 2.31. The van der Waals surface area contributed by atoms with Gasteiger partial charge in [-0.15, -0.1) is 0 Å². The van der Waals surface area contributed by atoms with E-state index in [1.54, 1.807) is 18.2 Å². The fourth-order valence-electron chi connectivity index (χ4n) is 4.19. The molecule has 1 heterocycles. The monoisotopic (exact) mass is 307 g/mol. The van der Waals surface area contributed by atoms with E-state index in [1.807, 2.05) is 6.92 Å². The van der Waals surface area contributed by atoms with Crippen LogP contribution in [0.15, 0.2) is 42.5 Å². The number of hydrogen-bond donors (Lipinski definition) is 1. The van der Waals surface area contributed by atoms with Gasteiger partial charge in [-0.2, -0.15) is 0 Å². The van der Waals surface area contributed by atoms with Crippen molar-refractivity contribution in [1.29, 1.82) is 0 Å². The maximum absolute atomic E-state index is 13.0. The van der Waals surface area contributed by atoms with E-state index >= 15 is 0 Å². The van der Waals surface area contributed by atoms with Crippen molar-refractivity contribution in [1.82, 2.24) is 4.90 Å². The zero-order valence-corrected chi connectivity index (χ0v) is 13.3. The van der Waals surface area contributed by atoms with Gasteiger partial charge >= 0.3 is 0 Å². The number of aromatic hydroxyl groups is 1. The largest absolute Gasteiger partial charge is 0.508 e. The Balaban J connectivity index is 1.65. The van der Waals surface area contributed by atoms with Crippen molar-refractivity contribution < 1.29 is 9.90 Å². The third-order valence-electron chi connectivity index (χ3n) is 5.37. The Morgan fingerprint density at radius 2 is 2.04 bits per heavy atom. The molecule has 0 aromatic heterocycles. The summed E-state index contributed by atoms with van der Waals surface area (Å²) in [6.45, 7) is 2.66. The minimum atomic E-state index is 0.0932. The van der Waals surface area contributed by atoms with E-state index in [2.05, 4.69) is 29.2 Å². The predicted octanol–water partition coefficient (Wildman–Crippen LogP) is 3.65. The van der Waals surface area contributed by atoms with Gasteiger partial charge in [0.15, 0.2) is 0 Å². The van der Waals surface area contributed by atoms with Crippen LogP contribution in [0.1, 0.15) is 45.8 Å². The fourth-order valence-corrected chi connectivity index (χ4v) is 4.19. The molecule has 3 heteroatoms. The highest BCUT2D eigenvalue weighted by Crippen LogP contribution is 2.42. The number of piperidine rings is 1. The van der Waals surface area contributed by atoms with Crippen LogP contribution in [0.3, 0.4) is 0 Å². The second kappa shape index (κ2) is 5.41. The van der Waals surface area contributed by atoms with Crippen LogP contribution >= 0.6 is 0 Å². The molecule has 2 aromatic rings. The molecule has 2 aliphatic rings. The van der Waals surface area contributed by atoms with Gasteiger partial charge in [0, 0.05) is 24.1 Å². The van der Waals surface area contributed by atoms with Crippen molar-refractivity contribution in [3.63, 3.8) is 0 Å². The highest BCUT2D eigenvalue weighted by molar-refractivity contribution is 5.95. The number of aryl methyl sites for hydroxylation is 1. The number of hydrogen-bond acceptors (Lipinski definition) is 2. The Morgan fingerprint density at radius 3 is 2.87 bits per heavy atom. The first kappa shape index (κ1) is 14.3. The number of likely N-dealkylation sites (tertiary alicyclic amines) is 1. The summed E-state index contributed by atoms with van der Waals surface area (Å²) in [5.41, 5.74) is 4.25. The summed E-state index contributed by atoms with van der Waals surface area (Å²) in [6, 6.07) is 14.0. The van der Waals surface area contributed by atoms with E-state index in [4.69, 9.17) is 0 Å². The maximum Gasteiger partial charge on any atom is 0.254 e. The van der Waals surface area contributed by atoms with Crippen molar-refractivity contribution in [2.24, 2.45) is 0 Å². The van der Waals surface area contributed by atoms with Gasteiger partial charge in [0.1, 0.15) is 5.75 Å². The topological polar surface area (TPSA) is 40.5 Å². The van der Waals surface area contributed by atoms with Crippen LogP contribution in [0.4, 0.5) is 0 Å². The minimum absolute atomic E-state index is 0.0932. The summed E-state index contributed by atoms with van der Waals surface area (Å²) in [5.74, 6) is 0.809. The lowest BCUT2D eigenvalue weighted by Crippen LogP contribution is -2.46. The molecule has 1 fully saturated rings. The van der Waals surface area contributed by atoms with Gasteiger partial charge < -0.3 is 10.0 Å². The first-order chi connectivity index (χ1) is 11.1. The molecule has 2 aromatic carbocycles. The van der Waals surface area contributed by atoms with Gasteiger partial charge in [0.05, 0.1) is 0 Å². The summed E-state index contributed by atoms with van der Waals surface area (Å²) in [6.07, 6.45) is 3.18. The lowest BCUT2D eigenvalue weighted by atomic mass is 9.88. The van der Waals surface area contributed by atoms with Gasteiger partial charge in [0.25, 0.3) is 5.91 Å². The molecule has 0 bridgehead atoms. The number of phenols is 1. The molecule has 118 valence electrons. The number of rotatable bonds is 1. The zero-order valence-electron chi connectivity index (χ0n) is 13.3. The molecule has 1 aliphatic carbocycles. The molecule has 4 rings (SSSR count). The van der Waals surface area contributed by atoms with Crippen molar-refractivity contribution in [2.45, 2.75) is 38.1 Å². The molecule has 23 heavy (non-hydrogen) atoms. The minimum Gasteiger partial charge on any atom is -0.508 e. The first-order valence-corrected chi connectivity index (χ1v) is 8.33. The second-order valence-corrected chi connectivity index (χ2v) is 6.72. The number of fused-ring (bicyclic) bond motifs is 3. The van der Waals surface area contributed by atoms with Gasteiger partial charge in [-0.3, -0.25) is 4.79 Å². The fraction of sp³-hybridized carbons (Fsp3) is 0.350. The Bertz CT molecular complexity index is 768. The lowest BCUT2D eigenvalue weighted by molar-refractivity contribution is 0.0595. The summed E-state index contributed by atoms with van der Waals surface area (Å²) in [4.78, 5) is 15.1. The lowest BCUT2D eigenvalue weighted by Gasteiger charge is -2.38. The molecule has 0 saturated carbocycles. The van der Waals surface area contributed by atoms with Crippen LogP contribution in [0, 0.1) is 6.92 Å². The van der Waals surface area contributed by atoms with E-state index in [0.717, 1.165) is 24.9 Å². The van der Waals surface area contributed by atoms with E-state index in [0.29, 0.717) is 11.5 Å². The summed E-state index contributed by atoms with van der Waals surface area (Å²) < 4.78 is 0. The van der Waals surface area contributed by atoms with Crippen molar-refractivity contribution in [2.75, 3.05) is 6.54 Å². The molecule has 0 radical (unpaired) electrons. The Morgan fingerprint density at radius 1 is 1.22 bits per heavy atom. The molecule has 1 saturated heterocycles. The van der Waals surface area contributed by atoms with Crippen LogP contribution in [0.2, 0.25) is 0 Å². The van der Waals surface area contributed by atoms with E-state index < -0.39 is 0 Å². The first-order valence-electron chi connectivity index (χ1n) is 8.33. The van der Waals surface area contributed by atoms with E-state index in [9.17, 15) is 9.90 Å². The molecule has 1 amide bonds. The number of amides is 1. The van der Waals surface area contributed by atoms with Crippen molar-refractivity contribution >= 4 is 5.91 Å². The number of benzene rings is 2. The average Bonchev–Trinajstić information content (AvgIpc) is 2.95. The van der Waals surface area contributed by atoms with E-state index in [-0.39, 0.29) is 17.7 Å². The summed E-state index contributed by atoms with van der Waals surface area (Å²) >= 11 is 0. The highest BCUT2D eigenvalue weighted by Gasteiger charge is 2.40. The van der Waals surface area contributed by atoms with Crippen LogP contribution in [-0.2, 0) is 6.42 Å². The van der Waals surface area contributed by atoms with Crippen LogP contribution in [0.25, 0.3) is 0 Å². The van der Waals surface area contributed by atoms with Crippen molar-refractivity contribution in [3.8, 4) is 5.75 Å². The molecule has 0 spiro atoms. The number of phenolic OH excluding ortho intramolecular Hbond substituents is 1. The number of nitrogens with zero attached hydrogens (tertiary/aromatic N) is 1. The smallest absolute Gasteiger partial charge is 0.254 e. The Hall–Kier alpha value is -2.29. The SMILES string of the molecule is Cc1cc(C(=O)N2CCC[C@@H]3c4ccccc4C[C@@H]32)ccc1O. The Kier molecular flexibility index (Phi) is 3.37. The number of carbonyl (C=O) groups is 1. The molecule has 0 unspecified atom stereocenters.